The fourth-order valence-electron chi connectivity index (χ4n) is 3.17. The number of rotatable bonds is 10. The molecule has 0 unspecified atom stereocenters. The zero-order chi connectivity index (χ0) is 21.4. The van der Waals surface area contributed by atoms with Crippen LogP contribution in [-0.2, 0) is 11.3 Å². The Morgan fingerprint density at radius 2 is 2.03 bits per heavy atom. The van der Waals surface area contributed by atoms with Crippen LogP contribution in [0.2, 0.25) is 0 Å². The van der Waals surface area contributed by atoms with Crippen LogP contribution in [0.5, 0.6) is 0 Å². The summed E-state index contributed by atoms with van der Waals surface area (Å²) in [4.78, 5) is 30.8. The van der Waals surface area contributed by atoms with Crippen LogP contribution < -0.4 is 5.32 Å². The third-order valence-corrected chi connectivity index (χ3v) is 4.97. The zero-order valence-electron chi connectivity index (χ0n) is 17.0. The number of terminal acetylenes is 1. The Balaban J connectivity index is 1.55. The second-order valence-corrected chi connectivity index (χ2v) is 7.20. The number of nitrogens with zero attached hydrogens (tertiary/aromatic N) is 4. The number of amides is 2. The van der Waals surface area contributed by atoms with Crippen molar-refractivity contribution in [2.24, 2.45) is 10.2 Å². The van der Waals surface area contributed by atoms with E-state index in [1.165, 1.54) is 0 Å². The molecule has 0 saturated carbocycles. The molecule has 1 aliphatic heterocycles. The standard InChI is InChI=1S/C23H25N5O2/c1-3-5-12-23(26-27-23)13-11-21(29)25-20-10-6-8-18(15-20)17-28(4-2)22(30)19-9-7-14-24-16-19/h1,6-10,14-16H,4-5,11-13,17H2,2H3,(H,25,29). The molecule has 0 aliphatic carbocycles. The molecular formula is C23H25N5O2. The molecule has 2 amide bonds. The van der Waals surface area contributed by atoms with E-state index in [4.69, 9.17) is 6.42 Å². The molecule has 30 heavy (non-hydrogen) atoms. The van der Waals surface area contributed by atoms with Gasteiger partial charge in [-0.15, -0.1) is 12.3 Å². The molecule has 0 radical (unpaired) electrons. The molecule has 0 atom stereocenters. The van der Waals surface area contributed by atoms with Gasteiger partial charge in [-0.3, -0.25) is 14.6 Å². The normalized spacial score (nSPS) is 13.3. The van der Waals surface area contributed by atoms with Crippen molar-refractivity contribution >= 4 is 17.5 Å². The van der Waals surface area contributed by atoms with Gasteiger partial charge < -0.3 is 10.2 Å². The third kappa shape index (κ3) is 5.74. The SMILES string of the molecule is C#CCCC1(CCC(=O)Nc2cccc(CN(CC)C(=O)c3cccnc3)c2)N=N1. The summed E-state index contributed by atoms with van der Waals surface area (Å²) in [6.45, 7) is 2.95. The zero-order valence-corrected chi connectivity index (χ0v) is 17.0. The number of hydrogen-bond acceptors (Lipinski definition) is 5. The van der Waals surface area contributed by atoms with Crippen LogP contribution in [0.25, 0.3) is 0 Å². The number of carbonyl (C=O) groups excluding carboxylic acids is 2. The van der Waals surface area contributed by atoms with Crippen LogP contribution >= 0.6 is 0 Å². The van der Waals surface area contributed by atoms with E-state index in [0.717, 1.165) is 5.56 Å². The summed E-state index contributed by atoms with van der Waals surface area (Å²) >= 11 is 0. The minimum atomic E-state index is -0.458. The van der Waals surface area contributed by atoms with Crippen molar-refractivity contribution in [3.05, 3.63) is 59.9 Å². The molecule has 1 aromatic heterocycles. The molecule has 3 rings (SSSR count). The second kappa shape index (κ2) is 9.79. The number of anilines is 1. The maximum absolute atomic E-state index is 12.7. The van der Waals surface area contributed by atoms with E-state index in [1.807, 2.05) is 31.2 Å². The van der Waals surface area contributed by atoms with Crippen LogP contribution in [0, 0.1) is 12.3 Å². The first-order chi connectivity index (χ1) is 14.5. The van der Waals surface area contributed by atoms with Gasteiger partial charge in [-0.05, 0) is 36.8 Å². The molecule has 7 nitrogen and oxygen atoms in total. The van der Waals surface area contributed by atoms with Gasteiger partial charge in [-0.1, -0.05) is 12.1 Å². The second-order valence-electron chi connectivity index (χ2n) is 7.20. The fraction of sp³-hybridized carbons (Fsp3) is 0.348. The van der Waals surface area contributed by atoms with Gasteiger partial charge in [0.05, 0.1) is 5.56 Å². The molecule has 0 bridgehead atoms. The molecule has 0 fully saturated rings. The first kappa shape index (κ1) is 21.2. The first-order valence-electron chi connectivity index (χ1n) is 10.0. The summed E-state index contributed by atoms with van der Waals surface area (Å²) in [5.41, 5.74) is 1.73. The lowest BCUT2D eigenvalue weighted by atomic mass is 10.0. The monoisotopic (exact) mass is 403 g/mol. The number of pyridine rings is 1. The average Bonchev–Trinajstić information content (AvgIpc) is 3.55. The quantitative estimate of drug-likeness (QED) is 0.608. The van der Waals surface area contributed by atoms with Gasteiger partial charge in [0.1, 0.15) is 0 Å². The summed E-state index contributed by atoms with van der Waals surface area (Å²) in [7, 11) is 0. The lowest BCUT2D eigenvalue weighted by molar-refractivity contribution is -0.116. The van der Waals surface area contributed by atoms with Crippen molar-refractivity contribution in [3.8, 4) is 12.3 Å². The Morgan fingerprint density at radius 1 is 1.20 bits per heavy atom. The van der Waals surface area contributed by atoms with Crippen molar-refractivity contribution in [2.45, 2.75) is 44.8 Å². The van der Waals surface area contributed by atoms with Crippen molar-refractivity contribution in [2.75, 3.05) is 11.9 Å². The van der Waals surface area contributed by atoms with Crippen molar-refractivity contribution in [1.29, 1.82) is 0 Å². The molecule has 1 aromatic carbocycles. The summed E-state index contributed by atoms with van der Waals surface area (Å²) in [5.74, 6) is 2.42. The number of nitrogens with one attached hydrogen (secondary N) is 1. The molecule has 0 saturated heterocycles. The highest BCUT2D eigenvalue weighted by Crippen LogP contribution is 2.37. The summed E-state index contributed by atoms with van der Waals surface area (Å²) in [5, 5.41) is 11.0. The predicted octanol–water partition coefficient (Wildman–Crippen LogP) is 4.04. The van der Waals surface area contributed by atoms with Crippen LogP contribution in [0.1, 0.15) is 48.5 Å². The lowest BCUT2D eigenvalue weighted by Gasteiger charge is -2.21. The van der Waals surface area contributed by atoms with E-state index in [9.17, 15) is 9.59 Å². The molecule has 2 aromatic rings. The molecule has 1 N–H and O–H groups in total. The van der Waals surface area contributed by atoms with Gasteiger partial charge in [0.2, 0.25) is 5.91 Å². The Bertz CT molecular complexity index is 959. The summed E-state index contributed by atoms with van der Waals surface area (Å²) in [6, 6.07) is 11.0. The first-order valence-corrected chi connectivity index (χ1v) is 10.0. The minimum Gasteiger partial charge on any atom is -0.335 e. The number of hydrogen-bond donors (Lipinski definition) is 1. The average molecular weight is 403 g/mol. The highest BCUT2D eigenvalue weighted by atomic mass is 16.2. The maximum Gasteiger partial charge on any atom is 0.255 e. The van der Waals surface area contributed by atoms with Gasteiger partial charge in [-0.2, -0.15) is 10.2 Å². The van der Waals surface area contributed by atoms with E-state index < -0.39 is 5.66 Å². The van der Waals surface area contributed by atoms with Gasteiger partial charge >= 0.3 is 0 Å². The Morgan fingerprint density at radius 3 is 2.70 bits per heavy atom. The fourth-order valence-corrected chi connectivity index (χ4v) is 3.17. The number of benzene rings is 1. The highest BCUT2D eigenvalue weighted by Gasteiger charge is 2.39. The van der Waals surface area contributed by atoms with Crippen LogP contribution in [0.15, 0.2) is 59.0 Å². The molecular weight excluding hydrogens is 378 g/mol. The van der Waals surface area contributed by atoms with E-state index in [1.54, 1.807) is 29.4 Å². The van der Waals surface area contributed by atoms with E-state index in [-0.39, 0.29) is 11.8 Å². The summed E-state index contributed by atoms with van der Waals surface area (Å²) < 4.78 is 0. The van der Waals surface area contributed by atoms with Crippen LogP contribution in [0.4, 0.5) is 5.69 Å². The third-order valence-electron chi connectivity index (χ3n) is 4.97. The predicted molar refractivity (Wildman–Crippen MR) is 115 cm³/mol. The van der Waals surface area contributed by atoms with E-state index in [0.29, 0.717) is 50.0 Å². The Labute approximate surface area is 176 Å². The van der Waals surface area contributed by atoms with Crippen molar-refractivity contribution < 1.29 is 9.59 Å². The molecule has 7 heteroatoms. The van der Waals surface area contributed by atoms with Crippen LogP contribution in [0.3, 0.4) is 0 Å². The van der Waals surface area contributed by atoms with Crippen LogP contribution in [-0.4, -0.2) is 33.9 Å². The van der Waals surface area contributed by atoms with Gasteiger partial charge in [0.15, 0.2) is 5.66 Å². The number of aromatic nitrogens is 1. The highest BCUT2D eigenvalue weighted by molar-refractivity contribution is 5.94. The summed E-state index contributed by atoms with van der Waals surface area (Å²) in [6.07, 6.45) is 10.7. The Kier molecular flexibility index (Phi) is 6.91. The smallest absolute Gasteiger partial charge is 0.255 e. The van der Waals surface area contributed by atoms with E-state index >= 15 is 0 Å². The van der Waals surface area contributed by atoms with E-state index in [2.05, 4.69) is 26.4 Å². The molecule has 1 aliphatic rings. The molecule has 0 spiro atoms. The lowest BCUT2D eigenvalue weighted by Crippen LogP contribution is -2.30. The Hall–Kier alpha value is -3.53. The van der Waals surface area contributed by atoms with Crippen molar-refractivity contribution in [1.82, 2.24) is 9.88 Å². The van der Waals surface area contributed by atoms with Crippen molar-refractivity contribution in [3.63, 3.8) is 0 Å². The topological polar surface area (TPSA) is 87.0 Å². The maximum atomic E-state index is 12.7. The molecule has 154 valence electrons. The van der Waals surface area contributed by atoms with Gasteiger partial charge in [0.25, 0.3) is 5.91 Å². The van der Waals surface area contributed by atoms with Gasteiger partial charge in [0, 0.05) is 56.9 Å². The molecule has 2 heterocycles. The van der Waals surface area contributed by atoms with Gasteiger partial charge in [-0.25, -0.2) is 0 Å². The largest absolute Gasteiger partial charge is 0.335 e. The minimum absolute atomic E-state index is 0.0748. The number of carbonyl (C=O) groups is 2.